The van der Waals surface area contributed by atoms with Gasteiger partial charge in [0.2, 0.25) is 0 Å². The highest BCUT2D eigenvalue weighted by molar-refractivity contribution is 14.0. The Morgan fingerprint density at radius 3 is 2.61 bits per heavy atom. The topological polar surface area (TPSA) is 64.1 Å². The summed E-state index contributed by atoms with van der Waals surface area (Å²) in [6, 6.07) is 15.7. The number of anilines is 1. The Kier molecular flexibility index (Phi) is 12.1. The van der Waals surface area contributed by atoms with Gasteiger partial charge in [0.05, 0.1) is 20.3 Å². The van der Waals surface area contributed by atoms with Crippen LogP contribution in [0.3, 0.4) is 0 Å². The number of para-hydroxylation sites is 1. The largest absolute Gasteiger partial charge is 0.496 e. The van der Waals surface area contributed by atoms with E-state index in [-0.39, 0.29) is 24.0 Å². The minimum absolute atomic E-state index is 0. The summed E-state index contributed by atoms with van der Waals surface area (Å²) in [5.41, 5.74) is 1.95. The summed E-state index contributed by atoms with van der Waals surface area (Å²) in [7, 11) is 3.36. The number of benzene rings is 2. The molecule has 0 amide bonds. The van der Waals surface area contributed by atoms with E-state index in [2.05, 4.69) is 15.6 Å². The van der Waals surface area contributed by atoms with Crippen LogP contribution in [0.4, 0.5) is 5.69 Å². The van der Waals surface area contributed by atoms with Gasteiger partial charge in [-0.25, -0.2) is 4.99 Å². The van der Waals surface area contributed by atoms with Crippen LogP contribution in [0, 0.1) is 0 Å². The standard InChI is InChI=1S/C21H29N3O3.HI/c1-4-22-21(23-16-17-9-5-6-12-20(17)26-3)24-18-10-7-11-19(15-18)27-14-8-13-25-2;/h5-7,9-12,15H,4,8,13-14,16H2,1-3H3,(H2,22,23,24);1H. The van der Waals surface area contributed by atoms with E-state index >= 15 is 0 Å². The molecule has 154 valence electrons. The maximum Gasteiger partial charge on any atom is 0.196 e. The zero-order valence-corrected chi connectivity index (χ0v) is 19.1. The molecule has 0 atom stereocenters. The van der Waals surface area contributed by atoms with Crippen LogP contribution >= 0.6 is 24.0 Å². The first kappa shape index (κ1) is 24.0. The van der Waals surface area contributed by atoms with Crippen molar-refractivity contribution in [3.8, 4) is 11.5 Å². The molecule has 6 nitrogen and oxygen atoms in total. The second-order valence-corrected chi connectivity index (χ2v) is 5.85. The number of guanidine groups is 1. The fraction of sp³-hybridized carbons (Fsp3) is 0.381. The van der Waals surface area contributed by atoms with Crippen molar-refractivity contribution in [2.45, 2.75) is 19.9 Å². The molecule has 0 saturated carbocycles. The molecule has 0 radical (unpaired) electrons. The number of aliphatic imine (C=N–C) groups is 1. The minimum atomic E-state index is 0. The van der Waals surface area contributed by atoms with Crippen molar-refractivity contribution in [2.24, 2.45) is 4.99 Å². The molecule has 0 bridgehead atoms. The van der Waals surface area contributed by atoms with E-state index in [0.29, 0.717) is 25.7 Å². The van der Waals surface area contributed by atoms with Crippen LogP contribution in [-0.2, 0) is 11.3 Å². The quantitative estimate of drug-likeness (QED) is 0.221. The van der Waals surface area contributed by atoms with Crippen molar-refractivity contribution < 1.29 is 14.2 Å². The molecule has 0 saturated heterocycles. The Balaban J connectivity index is 0.00000392. The predicted octanol–water partition coefficient (Wildman–Crippen LogP) is 4.31. The molecule has 0 heterocycles. The van der Waals surface area contributed by atoms with Gasteiger partial charge in [-0.05, 0) is 25.1 Å². The number of hydrogen-bond donors (Lipinski definition) is 2. The maximum absolute atomic E-state index is 5.75. The van der Waals surface area contributed by atoms with Gasteiger partial charge in [0, 0.05) is 44.0 Å². The number of nitrogens with one attached hydrogen (secondary N) is 2. The molecule has 0 spiro atoms. The van der Waals surface area contributed by atoms with E-state index in [1.807, 2.05) is 55.5 Å². The summed E-state index contributed by atoms with van der Waals surface area (Å²) in [6.45, 7) is 4.64. The summed E-state index contributed by atoms with van der Waals surface area (Å²) >= 11 is 0. The average molecular weight is 499 g/mol. The van der Waals surface area contributed by atoms with Crippen molar-refractivity contribution in [2.75, 3.05) is 39.3 Å². The molecule has 28 heavy (non-hydrogen) atoms. The zero-order chi connectivity index (χ0) is 19.3. The van der Waals surface area contributed by atoms with Crippen LogP contribution in [-0.4, -0.2) is 39.9 Å². The molecular formula is C21H30IN3O3. The molecule has 0 aliphatic carbocycles. The van der Waals surface area contributed by atoms with Gasteiger partial charge in [0.1, 0.15) is 11.5 Å². The van der Waals surface area contributed by atoms with Gasteiger partial charge >= 0.3 is 0 Å². The third-order valence-corrected chi connectivity index (χ3v) is 3.80. The molecule has 2 N–H and O–H groups in total. The van der Waals surface area contributed by atoms with Gasteiger partial charge < -0.3 is 24.8 Å². The molecule has 0 aromatic heterocycles. The summed E-state index contributed by atoms with van der Waals surface area (Å²) in [5, 5.41) is 6.58. The molecular weight excluding hydrogens is 469 g/mol. The smallest absolute Gasteiger partial charge is 0.196 e. The first-order chi connectivity index (χ1) is 13.3. The third kappa shape index (κ3) is 8.35. The summed E-state index contributed by atoms with van der Waals surface area (Å²) < 4.78 is 16.2. The Morgan fingerprint density at radius 2 is 1.86 bits per heavy atom. The average Bonchev–Trinajstić information content (AvgIpc) is 2.70. The summed E-state index contributed by atoms with van der Waals surface area (Å²) in [5.74, 6) is 2.36. The predicted molar refractivity (Wildman–Crippen MR) is 125 cm³/mol. The van der Waals surface area contributed by atoms with Crippen molar-refractivity contribution in [3.63, 3.8) is 0 Å². The van der Waals surface area contributed by atoms with Crippen LogP contribution in [0.25, 0.3) is 0 Å². The highest BCUT2D eigenvalue weighted by Gasteiger charge is 2.04. The van der Waals surface area contributed by atoms with Gasteiger partial charge in [-0.15, -0.1) is 24.0 Å². The monoisotopic (exact) mass is 499 g/mol. The Morgan fingerprint density at radius 1 is 1.04 bits per heavy atom. The van der Waals surface area contributed by atoms with Crippen molar-refractivity contribution in [1.82, 2.24) is 5.32 Å². The molecule has 0 fully saturated rings. The van der Waals surface area contributed by atoms with E-state index in [1.165, 1.54) is 0 Å². The van der Waals surface area contributed by atoms with E-state index in [4.69, 9.17) is 14.2 Å². The fourth-order valence-electron chi connectivity index (χ4n) is 2.50. The lowest BCUT2D eigenvalue weighted by molar-refractivity contribution is 0.172. The number of ether oxygens (including phenoxy) is 3. The molecule has 0 unspecified atom stereocenters. The fourth-order valence-corrected chi connectivity index (χ4v) is 2.50. The molecule has 2 aromatic rings. The lowest BCUT2D eigenvalue weighted by Crippen LogP contribution is -2.30. The van der Waals surface area contributed by atoms with E-state index in [1.54, 1.807) is 14.2 Å². The molecule has 2 aromatic carbocycles. The number of rotatable bonds is 10. The zero-order valence-electron chi connectivity index (χ0n) is 16.7. The minimum Gasteiger partial charge on any atom is -0.496 e. The van der Waals surface area contributed by atoms with Crippen molar-refractivity contribution in [3.05, 3.63) is 54.1 Å². The van der Waals surface area contributed by atoms with Crippen LogP contribution in [0.2, 0.25) is 0 Å². The molecule has 0 aliphatic rings. The second kappa shape index (κ2) is 14.1. The van der Waals surface area contributed by atoms with Crippen LogP contribution in [0.15, 0.2) is 53.5 Å². The van der Waals surface area contributed by atoms with E-state index < -0.39 is 0 Å². The normalized spacial score (nSPS) is 10.8. The lowest BCUT2D eigenvalue weighted by Gasteiger charge is -2.13. The van der Waals surface area contributed by atoms with Gasteiger partial charge in [-0.2, -0.15) is 0 Å². The van der Waals surface area contributed by atoms with Gasteiger partial charge in [0.25, 0.3) is 0 Å². The highest BCUT2D eigenvalue weighted by atomic mass is 127. The summed E-state index contributed by atoms with van der Waals surface area (Å²) in [6.07, 6.45) is 0.858. The Hall–Kier alpha value is -2.00. The van der Waals surface area contributed by atoms with Gasteiger partial charge in [0.15, 0.2) is 5.96 Å². The van der Waals surface area contributed by atoms with E-state index in [0.717, 1.165) is 35.7 Å². The Labute approximate surface area is 184 Å². The van der Waals surface area contributed by atoms with Gasteiger partial charge in [-0.1, -0.05) is 24.3 Å². The van der Waals surface area contributed by atoms with Crippen LogP contribution < -0.4 is 20.1 Å². The SMILES string of the molecule is CCNC(=NCc1ccccc1OC)Nc1cccc(OCCCOC)c1.I. The number of nitrogens with zero attached hydrogens (tertiary/aromatic N) is 1. The van der Waals surface area contributed by atoms with Crippen LogP contribution in [0.1, 0.15) is 18.9 Å². The second-order valence-electron chi connectivity index (χ2n) is 5.85. The van der Waals surface area contributed by atoms with Crippen molar-refractivity contribution >= 4 is 35.6 Å². The van der Waals surface area contributed by atoms with Gasteiger partial charge in [-0.3, -0.25) is 0 Å². The number of methoxy groups -OCH3 is 2. The Bertz CT molecular complexity index is 726. The lowest BCUT2D eigenvalue weighted by atomic mass is 10.2. The highest BCUT2D eigenvalue weighted by Crippen LogP contribution is 2.19. The number of hydrogen-bond acceptors (Lipinski definition) is 4. The van der Waals surface area contributed by atoms with E-state index in [9.17, 15) is 0 Å². The first-order valence-corrected chi connectivity index (χ1v) is 9.15. The van der Waals surface area contributed by atoms with Crippen LogP contribution in [0.5, 0.6) is 11.5 Å². The maximum atomic E-state index is 5.75. The molecule has 2 rings (SSSR count). The summed E-state index contributed by atoms with van der Waals surface area (Å²) in [4.78, 5) is 4.66. The van der Waals surface area contributed by atoms with Crippen molar-refractivity contribution in [1.29, 1.82) is 0 Å². The molecule has 7 heteroatoms. The third-order valence-electron chi connectivity index (χ3n) is 3.80. The first-order valence-electron chi connectivity index (χ1n) is 9.15. The molecule has 0 aliphatic heterocycles. The number of halogens is 1.